The lowest BCUT2D eigenvalue weighted by atomic mass is 9.94. The Kier molecular flexibility index (Phi) is 5.17. The molecule has 5 nitrogen and oxygen atoms in total. The highest BCUT2D eigenvalue weighted by molar-refractivity contribution is 5.90. The highest BCUT2D eigenvalue weighted by Crippen LogP contribution is 2.21. The van der Waals surface area contributed by atoms with E-state index in [2.05, 4.69) is 15.4 Å². The zero-order valence-electron chi connectivity index (χ0n) is 12.7. The topological polar surface area (TPSA) is 58.4 Å². The van der Waals surface area contributed by atoms with Crippen LogP contribution in [0.15, 0.2) is 10.6 Å². The van der Waals surface area contributed by atoms with Crippen LogP contribution >= 0.6 is 0 Å². The van der Waals surface area contributed by atoms with Crippen LogP contribution in [-0.2, 0) is 4.79 Å². The second-order valence-corrected chi connectivity index (χ2v) is 6.03. The predicted molar refractivity (Wildman–Crippen MR) is 78.7 cm³/mol. The van der Waals surface area contributed by atoms with Crippen molar-refractivity contribution < 1.29 is 9.32 Å². The van der Waals surface area contributed by atoms with Crippen LogP contribution in [0.25, 0.3) is 0 Å². The van der Waals surface area contributed by atoms with Crippen LogP contribution in [0.2, 0.25) is 0 Å². The zero-order valence-corrected chi connectivity index (χ0v) is 12.7. The molecular weight excluding hydrogens is 254 g/mol. The van der Waals surface area contributed by atoms with E-state index in [0.717, 1.165) is 5.69 Å². The van der Waals surface area contributed by atoms with Gasteiger partial charge in [-0.1, -0.05) is 38.3 Å². The molecule has 1 aliphatic rings. The minimum absolute atomic E-state index is 0.0375. The zero-order chi connectivity index (χ0) is 14.5. The van der Waals surface area contributed by atoms with Crippen molar-refractivity contribution in [1.82, 2.24) is 10.1 Å². The first kappa shape index (κ1) is 15.0. The summed E-state index contributed by atoms with van der Waals surface area (Å²) in [6.45, 7) is 4.49. The van der Waals surface area contributed by atoms with E-state index in [1.54, 1.807) is 6.07 Å². The van der Waals surface area contributed by atoms with Gasteiger partial charge in [-0.05, 0) is 25.8 Å². The number of carbonyl (C=O) groups is 1. The molecule has 1 amide bonds. The molecule has 0 radical (unpaired) electrons. The number of rotatable bonds is 5. The Morgan fingerprint density at radius 1 is 1.45 bits per heavy atom. The van der Waals surface area contributed by atoms with Gasteiger partial charge in [-0.3, -0.25) is 15.0 Å². The van der Waals surface area contributed by atoms with E-state index in [9.17, 15) is 4.79 Å². The molecule has 1 heterocycles. The first-order valence-electron chi connectivity index (χ1n) is 7.53. The number of likely N-dealkylation sites (N-methyl/N-ethyl adjacent to an activating group) is 1. The average Bonchev–Trinajstić information content (AvgIpc) is 2.88. The van der Waals surface area contributed by atoms with Crippen molar-refractivity contribution >= 4 is 11.8 Å². The van der Waals surface area contributed by atoms with Crippen LogP contribution < -0.4 is 5.32 Å². The Morgan fingerprint density at radius 3 is 2.75 bits per heavy atom. The Balaban J connectivity index is 1.81. The Morgan fingerprint density at radius 2 is 2.15 bits per heavy atom. The third-order valence-corrected chi connectivity index (χ3v) is 3.97. The maximum Gasteiger partial charge on any atom is 0.240 e. The number of nitrogens with zero attached hydrogens (tertiary/aromatic N) is 2. The molecule has 1 fully saturated rings. The number of anilines is 1. The molecular formula is C15H25N3O2. The SMILES string of the molecule is CC(C)c1cc(NC(=O)CN(C)C2CCCCC2)on1. The number of hydrogen-bond acceptors (Lipinski definition) is 4. The maximum absolute atomic E-state index is 12.0. The van der Waals surface area contributed by atoms with E-state index in [4.69, 9.17) is 4.52 Å². The summed E-state index contributed by atoms with van der Waals surface area (Å²) in [7, 11) is 2.02. The van der Waals surface area contributed by atoms with E-state index < -0.39 is 0 Å². The van der Waals surface area contributed by atoms with Gasteiger partial charge in [0.1, 0.15) is 0 Å². The summed E-state index contributed by atoms with van der Waals surface area (Å²) < 4.78 is 5.12. The van der Waals surface area contributed by atoms with E-state index >= 15 is 0 Å². The first-order chi connectivity index (χ1) is 9.56. The third-order valence-electron chi connectivity index (χ3n) is 3.97. The van der Waals surface area contributed by atoms with Gasteiger partial charge in [0.2, 0.25) is 11.8 Å². The number of hydrogen-bond donors (Lipinski definition) is 1. The quantitative estimate of drug-likeness (QED) is 0.900. The van der Waals surface area contributed by atoms with Gasteiger partial charge in [-0.15, -0.1) is 0 Å². The van der Waals surface area contributed by atoms with Crippen LogP contribution in [0.5, 0.6) is 0 Å². The normalized spacial score (nSPS) is 16.9. The van der Waals surface area contributed by atoms with Gasteiger partial charge in [0.05, 0.1) is 12.2 Å². The molecule has 0 bridgehead atoms. The molecule has 1 aliphatic carbocycles. The number of carbonyl (C=O) groups excluding carboxylic acids is 1. The van der Waals surface area contributed by atoms with Crippen molar-refractivity contribution in [2.75, 3.05) is 18.9 Å². The standard InChI is InChI=1S/C15H25N3O2/c1-11(2)13-9-15(20-17-13)16-14(19)10-18(3)12-7-5-4-6-8-12/h9,11-12H,4-8,10H2,1-3H3,(H,16,19). The minimum atomic E-state index is -0.0375. The number of amides is 1. The van der Waals surface area contributed by atoms with E-state index in [1.165, 1.54) is 32.1 Å². The minimum Gasteiger partial charge on any atom is -0.338 e. The number of aromatic nitrogens is 1. The molecule has 1 aromatic heterocycles. The van der Waals surface area contributed by atoms with Crippen molar-refractivity contribution in [2.24, 2.45) is 0 Å². The lowest BCUT2D eigenvalue weighted by molar-refractivity contribution is -0.117. The van der Waals surface area contributed by atoms with Crippen molar-refractivity contribution in [2.45, 2.75) is 57.9 Å². The fourth-order valence-corrected chi connectivity index (χ4v) is 2.67. The fourth-order valence-electron chi connectivity index (χ4n) is 2.67. The summed E-state index contributed by atoms with van der Waals surface area (Å²) in [5, 5.41) is 6.71. The second kappa shape index (κ2) is 6.88. The summed E-state index contributed by atoms with van der Waals surface area (Å²) in [6, 6.07) is 2.33. The highest BCUT2D eigenvalue weighted by atomic mass is 16.5. The molecule has 1 aromatic rings. The molecule has 0 aliphatic heterocycles. The van der Waals surface area contributed by atoms with Crippen LogP contribution in [0.1, 0.15) is 57.6 Å². The van der Waals surface area contributed by atoms with Gasteiger partial charge >= 0.3 is 0 Å². The van der Waals surface area contributed by atoms with Gasteiger partial charge in [0.15, 0.2) is 0 Å². The smallest absolute Gasteiger partial charge is 0.240 e. The summed E-state index contributed by atoms with van der Waals surface area (Å²) in [5.74, 6) is 0.703. The van der Waals surface area contributed by atoms with Crippen molar-refractivity contribution in [3.63, 3.8) is 0 Å². The van der Waals surface area contributed by atoms with Crippen LogP contribution in [-0.4, -0.2) is 35.6 Å². The molecule has 0 unspecified atom stereocenters. The van der Waals surface area contributed by atoms with Crippen LogP contribution in [0.3, 0.4) is 0 Å². The molecule has 0 aromatic carbocycles. The van der Waals surface area contributed by atoms with Gasteiger partial charge in [0, 0.05) is 12.1 Å². The van der Waals surface area contributed by atoms with Crippen molar-refractivity contribution in [1.29, 1.82) is 0 Å². The molecule has 0 atom stereocenters. The molecule has 1 saturated carbocycles. The summed E-state index contributed by atoms with van der Waals surface area (Å²) in [6.07, 6.45) is 6.27. The predicted octanol–water partition coefficient (Wildman–Crippen LogP) is 3.00. The van der Waals surface area contributed by atoms with Gasteiger partial charge < -0.3 is 4.52 Å². The largest absolute Gasteiger partial charge is 0.338 e. The Bertz CT molecular complexity index is 436. The molecule has 2 rings (SSSR count). The Labute approximate surface area is 120 Å². The summed E-state index contributed by atoms with van der Waals surface area (Å²) >= 11 is 0. The van der Waals surface area contributed by atoms with Gasteiger partial charge in [-0.2, -0.15) is 0 Å². The first-order valence-corrected chi connectivity index (χ1v) is 7.53. The molecule has 1 N–H and O–H groups in total. The fraction of sp³-hybridized carbons (Fsp3) is 0.733. The molecule has 0 saturated heterocycles. The maximum atomic E-state index is 12.0. The second-order valence-electron chi connectivity index (χ2n) is 6.03. The van der Waals surface area contributed by atoms with Gasteiger partial charge in [-0.25, -0.2) is 0 Å². The monoisotopic (exact) mass is 279 g/mol. The molecule has 5 heteroatoms. The van der Waals surface area contributed by atoms with Crippen molar-refractivity contribution in [3.8, 4) is 0 Å². The highest BCUT2D eigenvalue weighted by Gasteiger charge is 2.20. The van der Waals surface area contributed by atoms with Crippen molar-refractivity contribution in [3.05, 3.63) is 11.8 Å². The molecule has 0 spiro atoms. The van der Waals surface area contributed by atoms with Gasteiger partial charge in [0.25, 0.3) is 0 Å². The third kappa shape index (κ3) is 4.07. The number of nitrogens with one attached hydrogen (secondary N) is 1. The summed E-state index contributed by atoms with van der Waals surface area (Å²) in [5.41, 5.74) is 0.862. The molecule has 20 heavy (non-hydrogen) atoms. The van der Waals surface area contributed by atoms with Crippen LogP contribution in [0.4, 0.5) is 5.88 Å². The van der Waals surface area contributed by atoms with E-state index in [-0.39, 0.29) is 5.91 Å². The Hall–Kier alpha value is -1.36. The van der Waals surface area contributed by atoms with E-state index in [1.807, 2.05) is 20.9 Å². The average molecular weight is 279 g/mol. The van der Waals surface area contributed by atoms with Crippen LogP contribution in [0, 0.1) is 0 Å². The molecule has 112 valence electrons. The van der Waals surface area contributed by atoms with E-state index in [0.29, 0.717) is 24.4 Å². The summed E-state index contributed by atoms with van der Waals surface area (Å²) in [4.78, 5) is 14.2. The lowest BCUT2D eigenvalue weighted by Gasteiger charge is -2.30. The lowest BCUT2D eigenvalue weighted by Crippen LogP contribution is -2.39.